The lowest BCUT2D eigenvalue weighted by atomic mass is 10.1. The summed E-state index contributed by atoms with van der Waals surface area (Å²) >= 11 is 5.82. The van der Waals surface area contributed by atoms with E-state index in [4.69, 9.17) is 27.5 Å². The van der Waals surface area contributed by atoms with E-state index in [0.717, 1.165) is 16.2 Å². The van der Waals surface area contributed by atoms with E-state index in [0.29, 0.717) is 22.9 Å². The SMILES string of the molecule is C#CCOc1ccc(CCN(O)C(=O)Cc2ccc(Cl)cc2)cc1OC. The molecule has 0 bridgehead atoms. The van der Waals surface area contributed by atoms with Gasteiger partial charge in [0.05, 0.1) is 20.1 Å². The molecule has 0 fully saturated rings. The Kier molecular flexibility index (Phi) is 7.34. The van der Waals surface area contributed by atoms with E-state index < -0.39 is 0 Å². The third-order valence-corrected chi connectivity index (χ3v) is 3.96. The minimum absolute atomic E-state index is 0.107. The lowest BCUT2D eigenvalue weighted by Crippen LogP contribution is -2.30. The lowest BCUT2D eigenvalue weighted by Gasteiger charge is -2.16. The Bertz CT molecular complexity index is 783. The molecule has 26 heavy (non-hydrogen) atoms. The number of methoxy groups -OCH3 is 1. The van der Waals surface area contributed by atoms with Gasteiger partial charge in [-0.25, -0.2) is 5.06 Å². The highest BCUT2D eigenvalue weighted by Crippen LogP contribution is 2.28. The molecule has 1 amide bonds. The molecule has 0 unspecified atom stereocenters. The number of hydroxylamine groups is 2. The number of hydrogen-bond acceptors (Lipinski definition) is 4. The average molecular weight is 374 g/mol. The zero-order valence-electron chi connectivity index (χ0n) is 14.4. The smallest absolute Gasteiger partial charge is 0.250 e. The molecule has 0 saturated carbocycles. The zero-order valence-corrected chi connectivity index (χ0v) is 15.2. The Morgan fingerprint density at radius 1 is 1.19 bits per heavy atom. The second-order valence-corrected chi connectivity index (χ2v) is 5.98. The molecule has 6 heteroatoms. The van der Waals surface area contributed by atoms with Crippen LogP contribution in [-0.4, -0.2) is 36.4 Å². The van der Waals surface area contributed by atoms with Gasteiger partial charge in [0.15, 0.2) is 11.5 Å². The van der Waals surface area contributed by atoms with Crippen molar-refractivity contribution in [1.29, 1.82) is 0 Å². The highest BCUT2D eigenvalue weighted by Gasteiger charge is 2.13. The van der Waals surface area contributed by atoms with Crippen molar-refractivity contribution in [3.8, 4) is 23.8 Å². The molecule has 0 aliphatic heterocycles. The molecule has 0 aromatic heterocycles. The Hall–Kier alpha value is -2.68. The number of terminal acetylenes is 1. The van der Waals surface area contributed by atoms with Crippen LogP contribution in [0.25, 0.3) is 0 Å². The molecule has 0 aliphatic carbocycles. The molecule has 2 rings (SSSR count). The van der Waals surface area contributed by atoms with Crippen molar-refractivity contribution in [2.75, 3.05) is 20.3 Å². The van der Waals surface area contributed by atoms with Crippen LogP contribution >= 0.6 is 11.6 Å². The second-order valence-electron chi connectivity index (χ2n) is 5.55. The molecular formula is C20H20ClNO4. The first-order valence-corrected chi connectivity index (χ1v) is 8.38. The Morgan fingerprint density at radius 2 is 1.88 bits per heavy atom. The summed E-state index contributed by atoms with van der Waals surface area (Å²) in [6, 6.07) is 12.3. The van der Waals surface area contributed by atoms with E-state index in [1.54, 1.807) is 36.4 Å². The third-order valence-electron chi connectivity index (χ3n) is 3.71. The van der Waals surface area contributed by atoms with Gasteiger partial charge in [-0.1, -0.05) is 35.7 Å². The van der Waals surface area contributed by atoms with Crippen LogP contribution in [-0.2, 0) is 17.6 Å². The summed E-state index contributed by atoms with van der Waals surface area (Å²) in [5.74, 6) is 3.11. The summed E-state index contributed by atoms with van der Waals surface area (Å²) in [6.07, 6.45) is 5.76. The number of hydrogen-bond donors (Lipinski definition) is 1. The fraction of sp³-hybridized carbons (Fsp3) is 0.250. The predicted molar refractivity (Wildman–Crippen MR) is 99.7 cm³/mol. The molecule has 0 atom stereocenters. The quantitative estimate of drug-likeness (QED) is 0.438. The van der Waals surface area contributed by atoms with Crippen LogP contribution in [0.3, 0.4) is 0 Å². The molecule has 0 heterocycles. The van der Waals surface area contributed by atoms with Gasteiger partial charge < -0.3 is 9.47 Å². The Labute approximate surface area is 158 Å². The zero-order chi connectivity index (χ0) is 18.9. The van der Waals surface area contributed by atoms with Crippen molar-refractivity contribution in [2.24, 2.45) is 0 Å². The number of ether oxygens (including phenoxy) is 2. The van der Waals surface area contributed by atoms with Gasteiger partial charge in [0.1, 0.15) is 6.61 Å². The van der Waals surface area contributed by atoms with Crippen LogP contribution in [0.2, 0.25) is 5.02 Å². The van der Waals surface area contributed by atoms with Gasteiger partial charge in [0.25, 0.3) is 0 Å². The molecule has 0 spiro atoms. The maximum absolute atomic E-state index is 12.1. The molecule has 0 radical (unpaired) electrons. The topological polar surface area (TPSA) is 59.0 Å². The van der Waals surface area contributed by atoms with Crippen LogP contribution in [0, 0.1) is 12.3 Å². The number of rotatable bonds is 8. The van der Waals surface area contributed by atoms with Crippen LogP contribution < -0.4 is 9.47 Å². The van der Waals surface area contributed by atoms with Gasteiger partial charge in [0, 0.05) is 5.02 Å². The molecule has 5 nitrogen and oxygen atoms in total. The summed E-state index contributed by atoms with van der Waals surface area (Å²) < 4.78 is 10.7. The Balaban J connectivity index is 1.91. The van der Waals surface area contributed by atoms with Crippen molar-refractivity contribution in [1.82, 2.24) is 5.06 Å². The largest absolute Gasteiger partial charge is 0.493 e. The van der Waals surface area contributed by atoms with Crippen LogP contribution in [0.5, 0.6) is 11.5 Å². The van der Waals surface area contributed by atoms with Gasteiger partial charge in [-0.15, -0.1) is 6.42 Å². The van der Waals surface area contributed by atoms with Gasteiger partial charge in [-0.2, -0.15) is 0 Å². The molecule has 0 saturated heterocycles. The summed E-state index contributed by atoms with van der Waals surface area (Å²) in [5.41, 5.74) is 1.68. The first kappa shape index (κ1) is 19.6. The van der Waals surface area contributed by atoms with Crippen LogP contribution in [0.15, 0.2) is 42.5 Å². The average Bonchev–Trinajstić information content (AvgIpc) is 2.66. The minimum Gasteiger partial charge on any atom is -0.493 e. The minimum atomic E-state index is -0.381. The van der Waals surface area contributed by atoms with E-state index >= 15 is 0 Å². The van der Waals surface area contributed by atoms with Gasteiger partial charge in [-0.3, -0.25) is 10.0 Å². The number of carbonyl (C=O) groups is 1. The monoisotopic (exact) mass is 373 g/mol. The Morgan fingerprint density at radius 3 is 2.54 bits per heavy atom. The summed E-state index contributed by atoms with van der Waals surface area (Å²) in [5, 5.41) is 11.3. The van der Waals surface area contributed by atoms with Crippen molar-refractivity contribution < 1.29 is 19.5 Å². The van der Waals surface area contributed by atoms with Crippen molar-refractivity contribution in [3.63, 3.8) is 0 Å². The highest BCUT2D eigenvalue weighted by atomic mass is 35.5. The normalized spacial score (nSPS) is 10.1. The molecule has 2 aromatic carbocycles. The van der Waals surface area contributed by atoms with Crippen LogP contribution in [0.4, 0.5) is 0 Å². The fourth-order valence-electron chi connectivity index (χ4n) is 2.33. The first-order valence-electron chi connectivity index (χ1n) is 8.00. The third kappa shape index (κ3) is 5.69. The molecule has 1 N–H and O–H groups in total. The van der Waals surface area contributed by atoms with Crippen LogP contribution in [0.1, 0.15) is 11.1 Å². The summed E-state index contributed by atoms with van der Waals surface area (Å²) in [6.45, 7) is 0.319. The standard InChI is InChI=1S/C20H20ClNO4/c1-3-12-26-18-9-6-16(13-19(18)25-2)10-11-22(24)20(23)14-15-4-7-17(21)8-5-15/h1,4-9,13,24H,10-12,14H2,2H3. The predicted octanol–water partition coefficient (Wildman–Crippen LogP) is 3.36. The van der Waals surface area contributed by atoms with Gasteiger partial charge in [0.2, 0.25) is 5.91 Å². The summed E-state index contributed by atoms with van der Waals surface area (Å²) in [7, 11) is 1.54. The molecule has 136 valence electrons. The molecule has 2 aromatic rings. The number of nitrogens with zero attached hydrogens (tertiary/aromatic N) is 1. The van der Waals surface area contributed by atoms with Gasteiger partial charge >= 0.3 is 0 Å². The van der Waals surface area contributed by atoms with E-state index in [1.165, 1.54) is 7.11 Å². The molecule has 0 aliphatic rings. The number of benzene rings is 2. The summed E-state index contributed by atoms with van der Waals surface area (Å²) in [4.78, 5) is 12.1. The van der Waals surface area contributed by atoms with E-state index in [2.05, 4.69) is 5.92 Å². The first-order chi connectivity index (χ1) is 12.5. The van der Waals surface area contributed by atoms with Crippen molar-refractivity contribution >= 4 is 17.5 Å². The maximum Gasteiger partial charge on any atom is 0.250 e. The maximum atomic E-state index is 12.1. The number of halogens is 1. The van der Waals surface area contributed by atoms with E-state index in [1.807, 2.05) is 6.07 Å². The fourth-order valence-corrected chi connectivity index (χ4v) is 2.46. The number of carbonyl (C=O) groups excluding carboxylic acids is 1. The molecular weight excluding hydrogens is 354 g/mol. The number of amides is 1. The van der Waals surface area contributed by atoms with Gasteiger partial charge in [-0.05, 0) is 41.8 Å². The van der Waals surface area contributed by atoms with E-state index in [9.17, 15) is 10.0 Å². The lowest BCUT2D eigenvalue weighted by molar-refractivity contribution is -0.164. The van der Waals surface area contributed by atoms with Crippen molar-refractivity contribution in [3.05, 3.63) is 58.6 Å². The van der Waals surface area contributed by atoms with E-state index in [-0.39, 0.29) is 25.5 Å². The second kappa shape index (κ2) is 9.71. The van der Waals surface area contributed by atoms with Crippen molar-refractivity contribution in [2.45, 2.75) is 12.8 Å². The highest BCUT2D eigenvalue weighted by molar-refractivity contribution is 6.30.